The number of nitro groups is 1. The van der Waals surface area contributed by atoms with Crippen LogP contribution in [0.1, 0.15) is 31.0 Å². The molecule has 0 unspecified atom stereocenters. The number of hydrogen-bond donors (Lipinski definition) is 0. The van der Waals surface area contributed by atoms with Crippen molar-refractivity contribution in [1.82, 2.24) is 4.57 Å². The van der Waals surface area contributed by atoms with Gasteiger partial charge in [-0.3, -0.25) is 19.5 Å². The largest absolute Gasteiger partial charge is 0.463 e. The Bertz CT molecular complexity index is 1520. The third kappa shape index (κ3) is 4.65. The lowest BCUT2D eigenvalue weighted by molar-refractivity contribution is -0.384. The second kappa shape index (κ2) is 9.67. The van der Waals surface area contributed by atoms with Crippen molar-refractivity contribution in [1.29, 1.82) is 0 Å². The molecule has 9 nitrogen and oxygen atoms in total. The molecule has 4 rings (SSSR count). The molecule has 0 N–H and O–H groups in total. The molecular weight excluding hydrogens is 468 g/mol. The number of anilines is 1. The number of aromatic nitrogens is 1. The Hall–Kier alpha value is -4.05. The van der Waals surface area contributed by atoms with E-state index in [2.05, 4.69) is 0 Å². The fourth-order valence-electron chi connectivity index (χ4n) is 3.89. The van der Waals surface area contributed by atoms with Gasteiger partial charge in [-0.15, -0.1) is 0 Å². The predicted octanol–water partition coefficient (Wildman–Crippen LogP) is 2.88. The van der Waals surface area contributed by atoms with Crippen molar-refractivity contribution >= 4 is 40.5 Å². The monoisotopic (exact) mass is 492 g/mol. The van der Waals surface area contributed by atoms with Gasteiger partial charge in [0.2, 0.25) is 0 Å². The van der Waals surface area contributed by atoms with E-state index in [0.29, 0.717) is 26.2 Å². The summed E-state index contributed by atoms with van der Waals surface area (Å²) in [6.07, 6.45) is 1.60. The number of allylic oxidation sites excluding steroid dienone is 1. The van der Waals surface area contributed by atoms with Gasteiger partial charge >= 0.3 is 5.97 Å². The van der Waals surface area contributed by atoms with E-state index in [-0.39, 0.29) is 17.9 Å². The Morgan fingerprint density at radius 1 is 1.26 bits per heavy atom. The van der Waals surface area contributed by atoms with Crippen LogP contribution in [0, 0.1) is 10.1 Å². The molecule has 0 spiro atoms. The van der Waals surface area contributed by atoms with Crippen LogP contribution in [-0.4, -0.2) is 36.2 Å². The SMILES string of the molecule is CCOC(=O)C1=C(C)n2c(s/c(=C\c3cccc([N+](=O)[O-])c3)c2=O)=N[C@H]1c1ccc(N(C)C)cc1. The first kappa shape index (κ1) is 24.1. The highest BCUT2D eigenvalue weighted by atomic mass is 32.1. The lowest BCUT2D eigenvalue weighted by Crippen LogP contribution is -2.35. The van der Waals surface area contributed by atoms with Crippen molar-refractivity contribution in [3.63, 3.8) is 0 Å². The summed E-state index contributed by atoms with van der Waals surface area (Å²) in [6.45, 7) is 3.62. The van der Waals surface area contributed by atoms with E-state index in [4.69, 9.17) is 9.73 Å². The fraction of sp³-hybridized carbons (Fsp3) is 0.240. The first-order valence-electron chi connectivity index (χ1n) is 10.9. The summed E-state index contributed by atoms with van der Waals surface area (Å²) in [5.74, 6) is -0.525. The highest BCUT2D eigenvalue weighted by Crippen LogP contribution is 2.33. The first-order chi connectivity index (χ1) is 16.7. The maximum atomic E-state index is 13.3. The number of nitrogens with zero attached hydrogens (tertiary/aromatic N) is 4. The van der Waals surface area contributed by atoms with Gasteiger partial charge in [-0.2, -0.15) is 0 Å². The lowest BCUT2D eigenvalue weighted by Gasteiger charge is -2.23. The lowest BCUT2D eigenvalue weighted by atomic mass is 9.96. The van der Waals surface area contributed by atoms with Crippen LogP contribution >= 0.6 is 11.3 Å². The van der Waals surface area contributed by atoms with Crippen LogP contribution in [0.5, 0.6) is 0 Å². The second-order valence-corrected chi connectivity index (χ2v) is 9.13. The Kier molecular flexibility index (Phi) is 6.65. The molecule has 180 valence electrons. The maximum absolute atomic E-state index is 13.3. The van der Waals surface area contributed by atoms with Gasteiger partial charge in [0.1, 0.15) is 6.04 Å². The molecule has 1 aliphatic heterocycles. The van der Waals surface area contributed by atoms with Gasteiger partial charge in [0, 0.05) is 37.6 Å². The van der Waals surface area contributed by atoms with Crippen LogP contribution < -0.4 is 19.8 Å². The van der Waals surface area contributed by atoms with Crippen LogP contribution in [0.25, 0.3) is 11.8 Å². The zero-order chi connectivity index (χ0) is 25.3. The summed E-state index contributed by atoms with van der Waals surface area (Å²) in [4.78, 5) is 44.1. The average Bonchev–Trinajstić information content (AvgIpc) is 3.14. The molecule has 0 radical (unpaired) electrons. The number of hydrogen-bond acceptors (Lipinski definition) is 8. The van der Waals surface area contributed by atoms with E-state index < -0.39 is 16.9 Å². The molecule has 2 heterocycles. The van der Waals surface area contributed by atoms with E-state index in [1.165, 1.54) is 28.0 Å². The fourth-order valence-corrected chi connectivity index (χ4v) is 4.93. The number of carbonyl (C=O) groups is 1. The van der Waals surface area contributed by atoms with Crippen molar-refractivity contribution in [2.45, 2.75) is 19.9 Å². The van der Waals surface area contributed by atoms with Gasteiger partial charge < -0.3 is 9.64 Å². The highest BCUT2D eigenvalue weighted by molar-refractivity contribution is 7.07. The highest BCUT2D eigenvalue weighted by Gasteiger charge is 2.31. The van der Waals surface area contributed by atoms with Gasteiger partial charge in [0.15, 0.2) is 4.80 Å². The summed E-state index contributed by atoms with van der Waals surface area (Å²) >= 11 is 1.17. The minimum Gasteiger partial charge on any atom is -0.463 e. The van der Waals surface area contributed by atoms with Gasteiger partial charge in [-0.25, -0.2) is 9.79 Å². The molecule has 35 heavy (non-hydrogen) atoms. The number of fused-ring (bicyclic) bond motifs is 1. The van der Waals surface area contributed by atoms with Crippen LogP contribution in [0.3, 0.4) is 0 Å². The number of esters is 1. The number of rotatable bonds is 6. The molecule has 0 saturated heterocycles. The van der Waals surface area contributed by atoms with E-state index in [1.807, 2.05) is 43.3 Å². The first-order valence-corrected chi connectivity index (χ1v) is 11.7. The molecule has 2 aromatic carbocycles. The van der Waals surface area contributed by atoms with Crippen LogP contribution in [-0.2, 0) is 9.53 Å². The third-order valence-corrected chi connectivity index (χ3v) is 6.63. The van der Waals surface area contributed by atoms with E-state index in [0.717, 1.165) is 11.3 Å². The molecular formula is C25H24N4O5S. The third-order valence-electron chi connectivity index (χ3n) is 5.64. The van der Waals surface area contributed by atoms with Gasteiger partial charge in [-0.1, -0.05) is 35.6 Å². The molecule has 0 amide bonds. The summed E-state index contributed by atoms with van der Waals surface area (Å²) in [7, 11) is 3.88. The standard InChI is InChI=1S/C25H24N4O5S/c1-5-34-24(31)21-15(2)28-23(30)20(14-16-7-6-8-19(13-16)29(32)33)35-25(28)26-22(21)17-9-11-18(12-10-17)27(3)4/h6-14,22H,5H2,1-4H3/b20-14-/t22-/m0/s1. The maximum Gasteiger partial charge on any atom is 0.338 e. The Labute approximate surface area is 205 Å². The molecule has 10 heteroatoms. The molecule has 1 aromatic heterocycles. The summed E-state index contributed by atoms with van der Waals surface area (Å²) < 4.78 is 7.07. The van der Waals surface area contributed by atoms with E-state index in [9.17, 15) is 19.7 Å². The van der Waals surface area contributed by atoms with Gasteiger partial charge in [0.05, 0.1) is 21.6 Å². The minimum absolute atomic E-state index is 0.0632. The van der Waals surface area contributed by atoms with Gasteiger partial charge in [-0.05, 0) is 43.2 Å². The van der Waals surface area contributed by atoms with Crippen LogP contribution in [0.15, 0.2) is 63.9 Å². The summed E-state index contributed by atoms with van der Waals surface area (Å²) in [5.41, 5.74) is 2.68. The Morgan fingerprint density at radius 2 is 1.97 bits per heavy atom. The van der Waals surface area contributed by atoms with Crippen molar-refractivity contribution in [3.05, 3.63) is 95.0 Å². The number of benzene rings is 2. The van der Waals surface area contributed by atoms with E-state index >= 15 is 0 Å². The number of non-ortho nitro benzene ring substituents is 1. The summed E-state index contributed by atoms with van der Waals surface area (Å²) in [5, 5.41) is 11.1. The zero-order valence-corrected chi connectivity index (χ0v) is 20.5. The minimum atomic E-state index is -0.631. The quantitative estimate of drug-likeness (QED) is 0.298. The molecule has 3 aromatic rings. The number of ether oxygens (including phenoxy) is 1. The molecule has 0 fully saturated rings. The predicted molar refractivity (Wildman–Crippen MR) is 135 cm³/mol. The summed E-state index contributed by atoms with van der Waals surface area (Å²) in [6, 6.07) is 13.1. The second-order valence-electron chi connectivity index (χ2n) is 8.12. The van der Waals surface area contributed by atoms with Crippen LogP contribution in [0.2, 0.25) is 0 Å². The van der Waals surface area contributed by atoms with E-state index in [1.54, 1.807) is 32.1 Å². The Morgan fingerprint density at radius 3 is 2.60 bits per heavy atom. The normalized spacial score (nSPS) is 15.4. The molecule has 1 atom stereocenters. The Balaban J connectivity index is 1.90. The molecule has 0 aliphatic carbocycles. The van der Waals surface area contributed by atoms with Crippen molar-refractivity contribution in [2.24, 2.45) is 4.99 Å². The van der Waals surface area contributed by atoms with Crippen molar-refractivity contribution in [3.8, 4) is 0 Å². The van der Waals surface area contributed by atoms with Gasteiger partial charge in [0.25, 0.3) is 11.2 Å². The smallest absolute Gasteiger partial charge is 0.338 e. The molecule has 0 bridgehead atoms. The van der Waals surface area contributed by atoms with Crippen molar-refractivity contribution < 1.29 is 14.5 Å². The zero-order valence-electron chi connectivity index (χ0n) is 19.7. The number of thiazole rings is 1. The van der Waals surface area contributed by atoms with Crippen molar-refractivity contribution in [2.75, 3.05) is 25.6 Å². The molecule has 0 saturated carbocycles. The van der Waals surface area contributed by atoms with Crippen LogP contribution in [0.4, 0.5) is 11.4 Å². The average molecular weight is 493 g/mol. The molecule has 1 aliphatic rings. The topological polar surface area (TPSA) is 107 Å². The number of nitro benzene ring substituents is 1. The number of carbonyl (C=O) groups excluding carboxylic acids is 1.